The Morgan fingerprint density at radius 1 is 1.18 bits per heavy atom. The van der Waals surface area contributed by atoms with E-state index in [1.807, 2.05) is 36.1 Å². The molecular formula is C25H25FN4O3S. The third-order valence-electron chi connectivity index (χ3n) is 6.21. The molecule has 0 amide bonds. The number of hydrogen-bond acceptors (Lipinski definition) is 6. The molecular weight excluding hydrogens is 455 g/mol. The Labute approximate surface area is 202 Å². The van der Waals surface area contributed by atoms with E-state index in [1.165, 1.54) is 12.1 Å². The molecule has 0 aliphatic carbocycles. The number of halogens is 1. The van der Waals surface area contributed by atoms with Crippen LogP contribution in [0.5, 0.6) is 5.75 Å². The monoisotopic (exact) mass is 480 g/mol. The van der Waals surface area contributed by atoms with Crippen LogP contribution in [-0.2, 0) is 4.74 Å². The molecule has 2 unspecified atom stereocenters. The number of methoxy groups -OCH3 is 1. The van der Waals surface area contributed by atoms with Crippen LogP contribution in [0.4, 0.5) is 4.39 Å². The van der Waals surface area contributed by atoms with Crippen molar-refractivity contribution < 1.29 is 18.4 Å². The molecule has 3 aromatic rings. The Morgan fingerprint density at radius 2 is 1.94 bits per heavy atom. The molecule has 0 bridgehead atoms. The Kier molecular flexibility index (Phi) is 6.30. The summed E-state index contributed by atoms with van der Waals surface area (Å²) in [6, 6.07) is 13.4. The normalized spacial score (nSPS) is 20.6. The summed E-state index contributed by atoms with van der Waals surface area (Å²) >= 11 is 5.72. The highest BCUT2D eigenvalue weighted by Crippen LogP contribution is 2.38. The largest absolute Gasteiger partial charge is 0.497 e. The number of rotatable bonds is 6. The maximum absolute atomic E-state index is 13.6. The molecule has 1 aromatic heterocycles. The predicted octanol–water partition coefficient (Wildman–Crippen LogP) is 4.73. The Balaban J connectivity index is 1.55. The second-order valence-electron chi connectivity index (χ2n) is 8.33. The highest BCUT2D eigenvalue weighted by Gasteiger charge is 2.35. The van der Waals surface area contributed by atoms with Crippen molar-refractivity contribution in [3.8, 4) is 17.1 Å². The summed E-state index contributed by atoms with van der Waals surface area (Å²) in [5, 5.41) is 8.20. The summed E-state index contributed by atoms with van der Waals surface area (Å²) < 4.78 is 30.5. The minimum atomic E-state index is -0.363. The SMILES string of the molecule is COc1ccc(-c2noc(C3=C(C)N(CC4CCCO4)C(=S)NC3c3ccc(F)cc3)n2)cc1. The van der Waals surface area contributed by atoms with Gasteiger partial charge in [-0.25, -0.2) is 4.39 Å². The maximum atomic E-state index is 13.6. The lowest BCUT2D eigenvalue weighted by Crippen LogP contribution is -2.48. The van der Waals surface area contributed by atoms with Gasteiger partial charge in [-0.3, -0.25) is 0 Å². The van der Waals surface area contributed by atoms with Crippen LogP contribution < -0.4 is 10.1 Å². The first-order valence-electron chi connectivity index (χ1n) is 11.2. The molecule has 3 heterocycles. The maximum Gasteiger partial charge on any atom is 0.258 e. The van der Waals surface area contributed by atoms with Crippen LogP contribution in [-0.4, -0.2) is 46.5 Å². The molecule has 2 atom stereocenters. The van der Waals surface area contributed by atoms with Gasteiger partial charge in [-0.05, 0) is 73.9 Å². The average molecular weight is 481 g/mol. The predicted molar refractivity (Wildman–Crippen MR) is 129 cm³/mol. The summed E-state index contributed by atoms with van der Waals surface area (Å²) in [4.78, 5) is 6.73. The first-order valence-corrected chi connectivity index (χ1v) is 11.6. The molecule has 9 heteroatoms. The number of nitrogens with one attached hydrogen (secondary N) is 1. The van der Waals surface area contributed by atoms with Crippen molar-refractivity contribution in [3.63, 3.8) is 0 Å². The lowest BCUT2D eigenvalue weighted by molar-refractivity contribution is 0.0962. The van der Waals surface area contributed by atoms with E-state index in [0.717, 1.165) is 47.6 Å². The molecule has 176 valence electrons. The Hall–Kier alpha value is -3.30. The van der Waals surface area contributed by atoms with Gasteiger partial charge < -0.3 is 24.2 Å². The standard InChI is InChI=1S/C25H25FN4O3S/c1-15-21(24-28-23(29-33-24)17-7-11-19(31-2)12-8-17)22(16-5-9-18(26)10-6-16)27-25(34)30(15)14-20-4-3-13-32-20/h5-12,20,22H,3-4,13-14H2,1-2H3,(H,27,34). The van der Waals surface area contributed by atoms with Gasteiger partial charge in [-0.15, -0.1) is 0 Å². The summed E-state index contributed by atoms with van der Waals surface area (Å²) in [5.41, 5.74) is 3.35. The number of benzene rings is 2. The topological polar surface area (TPSA) is 72.7 Å². The Morgan fingerprint density at radius 3 is 2.62 bits per heavy atom. The van der Waals surface area contributed by atoms with Gasteiger partial charge in [0, 0.05) is 17.9 Å². The number of aromatic nitrogens is 2. The van der Waals surface area contributed by atoms with Crippen LogP contribution >= 0.6 is 12.2 Å². The zero-order valence-electron chi connectivity index (χ0n) is 19.0. The molecule has 0 spiro atoms. The van der Waals surface area contributed by atoms with Crippen molar-refractivity contribution in [1.29, 1.82) is 0 Å². The second-order valence-corrected chi connectivity index (χ2v) is 8.72. The van der Waals surface area contributed by atoms with Crippen molar-refractivity contribution in [1.82, 2.24) is 20.4 Å². The molecule has 2 aliphatic rings. The van der Waals surface area contributed by atoms with Crippen molar-refractivity contribution in [2.45, 2.75) is 31.9 Å². The van der Waals surface area contributed by atoms with Gasteiger partial charge in [-0.1, -0.05) is 17.3 Å². The van der Waals surface area contributed by atoms with Crippen molar-refractivity contribution in [3.05, 3.63) is 71.5 Å². The first-order chi connectivity index (χ1) is 16.5. The molecule has 1 fully saturated rings. The fraction of sp³-hybridized carbons (Fsp3) is 0.320. The van der Waals surface area contributed by atoms with Gasteiger partial charge in [0.1, 0.15) is 11.6 Å². The van der Waals surface area contributed by atoms with E-state index < -0.39 is 0 Å². The van der Waals surface area contributed by atoms with Gasteiger partial charge in [0.05, 0.1) is 31.4 Å². The molecule has 1 saturated heterocycles. The molecule has 1 N–H and O–H groups in total. The van der Waals surface area contributed by atoms with Crippen LogP contribution in [0.3, 0.4) is 0 Å². The zero-order valence-corrected chi connectivity index (χ0v) is 19.8. The van der Waals surface area contributed by atoms with Crippen molar-refractivity contribution >= 4 is 22.9 Å². The van der Waals surface area contributed by atoms with Crippen molar-refractivity contribution in [2.24, 2.45) is 0 Å². The van der Waals surface area contributed by atoms with E-state index in [0.29, 0.717) is 23.4 Å². The number of ether oxygens (including phenoxy) is 2. The van der Waals surface area contributed by atoms with Gasteiger partial charge in [0.25, 0.3) is 5.89 Å². The molecule has 0 saturated carbocycles. The summed E-state index contributed by atoms with van der Waals surface area (Å²) in [5.74, 6) is 1.29. The van der Waals surface area contributed by atoms with Gasteiger partial charge in [0.2, 0.25) is 5.82 Å². The highest BCUT2D eigenvalue weighted by atomic mass is 32.1. The van der Waals surface area contributed by atoms with Gasteiger partial charge in [0.15, 0.2) is 5.11 Å². The second kappa shape index (κ2) is 9.52. The Bertz CT molecular complexity index is 1200. The fourth-order valence-corrected chi connectivity index (χ4v) is 4.69. The zero-order chi connectivity index (χ0) is 23.7. The van der Waals surface area contributed by atoms with E-state index in [4.69, 9.17) is 31.2 Å². The van der Waals surface area contributed by atoms with E-state index in [1.54, 1.807) is 19.2 Å². The van der Waals surface area contributed by atoms with Crippen LogP contribution in [0.25, 0.3) is 17.0 Å². The van der Waals surface area contributed by atoms with Gasteiger partial charge in [-0.2, -0.15) is 4.98 Å². The summed E-state index contributed by atoms with van der Waals surface area (Å²) in [7, 11) is 1.62. The quantitative estimate of drug-likeness (QED) is 0.508. The van der Waals surface area contributed by atoms with Gasteiger partial charge >= 0.3 is 0 Å². The minimum Gasteiger partial charge on any atom is -0.497 e. The van der Waals surface area contributed by atoms with E-state index in [9.17, 15) is 4.39 Å². The number of hydrogen-bond donors (Lipinski definition) is 1. The summed E-state index contributed by atoms with van der Waals surface area (Å²) in [6.45, 7) is 3.39. The number of nitrogens with zero attached hydrogens (tertiary/aromatic N) is 3. The van der Waals surface area contributed by atoms with Crippen LogP contribution in [0.15, 0.2) is 58.8 Å². The van der Waals surface area contributed by atoms with E-state index >= 15 is 0 Å². The molecule has 0 radical (unpaired) electrons. The molecule has 34 heavy (non-hydrogen) atoms. The average Bonchev–Trinajstić information content (AvgIpc) is 3.54. The highest BCUT2D eigenvalue weighted by molar-refractivity contribution is 7.80. The summed E-state index contributed by atoms with van der Waals surface area (Å²) in [6.07, 6.45) is 2.14. The molecule has 2 aromatic carbocycles. The number of thiocarbonyl (C=S) groups is 1. The minimum absolute atomic E-state index is 0.107. The lowest BCUT2D eigenvalue weighted by atomic mass is 9.94. The third kappa shape index (κ3) is 4.41. The van der Waals surface area contributed by atoms with E-state index in [2.05, 4.69) is 10.5 Å². The lowest BCUT2D eigenvalue weighted by Gasteiger charge is -2.38. The first kappa shape index (κ1) is 22.5. The van der Waals surface area contributed by atoms with E-state index in [-0.39, 0.29) is 18.0 Å². The van der Waals surface area contributed by atoms with Crippen molar-refractivity contribution in [2.75, 3.05) is 20.3 Å². The molecule has 2 aliphatic heterocycles. The van der Waals surface area contributed by atoms with Crippen LogP contribution in [0.2, 0.25) is 0 Å². The third-order valence-corrected chi connectivity index (χ3v) is 6.55. The smallest absolute Gasteiger partial charge is 0.258 e. The fourth-order valence-electron chi connectivity index (χ4n) is 4.37. The van der Waals surface area contributed by atoms with Crippen LogP contribution in [0.1, 0.15) is 37.3 Å². The molecule has 5 rings (SSSR count). The molecule has 7 nitrogen and oxygen atoms in total. The number of allylic oxidation sites excluding steroid dienone is 1. The van der Waals surface area contributed by atoms with Crippen LogP contribution in [0, 0.1) is 5.82 Å².